The summed E-state index contributed by atoms with van der Waals surface area (Å²) in [4.78, 5) is 0. The quantitative estimate of drug-likeness (QED) is 0.913. The summed E-state index contributed by atoms with van der Waals surface area (Å²) in [7, 11) is 0. The third-order valence-electron chi connectivity index (χ3n) is 2.95. The van der Waals surface area contributed by atoms with Crippen molar-refractivity contribution in [2.24, 2.45) is 0 Å². The van der Waals surface area contributed by atoms with Gasteiger partial charge in [-0.15, -0.1) is 0 Å². The van der Waals surface area contributed by atoms with Crippen molar-refractivity contribution in [1.82, 2.24) is 9.78 Å². The minimum absolute atomic E-state index is 0.182. The number of nitrogens with zero attached hydrogens (tertiary/aromatic N) is 2. The van der Waals surface area contributed by atoms with Crippen LogP contribution in [0.15, 0.2) is 30.5 Å². The number of rotatable bonds is 5. The fourth-order valence-corrected chi connectivity index (χ4v) is 2.23. The number of aromatic nitrogens is 2. The molecule has 1 heterocycles. The molecule has 0 spiro atoms. The van der Waals surface area contributed by atoms with Gasteiger partial charge < -0.3 is 5.11 Å². The van der Waals surface area contributed by atoms with Crippen LogP contribution < -0.4 is 0 Å². The lowest BCUT2D eigenvalue weighted by molar-refractivity contribution is 0.165. The standard InChI is InChI=1S/C14H16ClFN2O/c1-2-7-18-13(5-6-17-18)14(19)9-10-8-11(15)3-4-12(10)16/h3-6,8,14,19H,2,7,9H2,1H3. The molecule has 102 valence electrons. The van der Waals surface area contributed by atoms with Crippen LogP contribution in [0.3, 0.4) is 0 Å². The van der Waals surface area contributed by atoms with E-state index in [-0.39, 0.29) is 12.2 Å². The zero-order chi connectivity index (χ0) is 13.8. The van der Waals surface area contributed by atoms with Gasteiger partial charge in [0, 0.05) is 24.2 Å². The van der Waals surface area contributed by atoms with Crippen LogP contribution in [-0.4, -0.2) is 14.9 Å². The van der Waals surface area contributed by atoms with Crippen LogP contribution in [0.4, 0.5) is 4.39 Å². The molecule has 1 unspecified atom stereocenters. The average molecular weight is 283 g/mol. The molecule has 0 aliphatic rings. The van der Waals surface area contributed by atoms with Gasteiger partial charge in [-0.3, -0.25) is 4.68 Å². The first-order valence-electron chi connectivity index (χ1n) is 6.25. The van der Waals surface area contributed by atoms with E-state index in [1.54, 1.807) is 23.0 Å². The molecule has 0 radical (unpaired) electrons. The van der Waals surface area contributed by atoms with E-state index in [2.05, 4.69) is 5.10 Å². The van der Waals surface area contributed by atoms with Crippen molar-refractivity contribution in [1.29, 1.82) is 0 Å². The van der Waals surface area contributed by atoms with Gasteiger partial charge in [0.1, 0.15) is 5.82 Å². The van der Waals surface area contributed by atoms with Crippen LogP contribution in [0.25, 0.3) is 0 Å². The molecule has 0 amide bonds. The molecule has 0 saturated heterocycles. The van der Waals surface area contributed by atoms with E-state index in [4.69, 9.17) is 11.6 Å². The lowest BCUT2D eigenvalue weighted by atomic mass is 10.1. The lowest BCUT2D eigenvalue weighted by Gasteiger charge is -2.13. The lowest BCUT2D eigenvalue weighted by Crippen LogP contribution is -2.11. The average Bonchev–Trinajstić information content (AvgIpc) is 2.82. The summed E-state index contributed by atoms with van der Waals surface area (Å²) >= 11 is 5.84. The van der Waals surface area contributed by atoms with E-state index in [0.717, 1.165) is 13.0 Å². The molecule has 0 aliphatic carbocycles. The SMILES string of the molecule is CCCn1nccc1C(O)Cc1cc(Cl)ccc1F. The zero-order valence-electron chi connectivity index (χ0n) is 10.7. The molecule has 19 heavy (non-hydrogen) atoms. The molecule has 1 aromatic heterocycles. The topological polar surface area (TPSA) is 38.0 Å². The zero-order valence-corrected chi connectivity index (χ0v) is 11.4. The smallest absolute Gasteiger partial charge is 0.126 e. The van der Waals surface area contributed by atoms with Crippen molar-refractivity contribution in [3.8, 4) is 0 Å². The summed E-state index contributed by atoms with van der Waals surface area (Å²) in [5.41, 5.74) is 1.10. The van der Waals surface area contributed by atoms with E-state index >= 15 is 0 Å². The van der Waals surface area contributed by atoms with E-state index in [1.807, 2.05) is 6.92 Å². The summed E-state index contributed by atoms with van der Waals surface area (Å²) in [5, 5.41) is 14.8. The van der Waals surface area contributed by atoms with Crippen LogP contribution in [0.1, 0.15) is 30.7 Å². The first-order chi connectivity index (χ1) is 9.11. The monoisotopic (exact) mass is 282 g/mol. The van der Waals surface area contributed by atoms with E-state index in [1.165, 1.54) is 12.1 Å². The molecule has 0 fully saturated rings. The maximum Gasteiger partial charge on any atom is 0.126 e. The molecule has 5 heteroatoms. The van der Waals surface area contributed by atoms with Gasteiger partial charge in [-0.05, 0) is 36.2 Å². The highest BCUT2D eigenvalue weighted by atomic mass is 35.5. The number of aryl methyl sites for hydroxylation is 1. The van der Waals surface area contributed by atoms with Crippen molar-refractivity contribution in [2.75, 3.05) is 0 Å². The minimum atomic E-state index is -0.790. The van der Waals surface area contributed by atoms with Gasteiger partial charge in [0.25, 0.3) is 0 Å². The summed E-state index contributed by atoms with van der Waals surface area (Å²) in [5.74, 6) is -0.356. The highest BCUT2D eigenvalue weighted by Gasteiger charge is 2.15. The predicted molar refractivity (Wildman–Crippen MR) is 72.6 cm³/mol. The van der Waals surface area contributed by atoms with Crippen LogP contribution >= 0.6 is 11.6 Å². The maximum absolute atomic E-state index is 13.6. The largest absolute Gasteiger partial charge is 0.386 e. The molecule has 1 N–H and O–H groups in total. The third-order valence-corrected chi connectivity index (χ3v) is 3.18. The van der Waals surface area contributed by atoms with Crippen LogP contribution in [-0.2, 0) is 13.0 Å². The fraction of sp³-hybridized carbons (Fsp3) is 0.357. The van der Waals surface area contributed by atoms with Crippen molar-refractivity contribution >= 4 is 11.6 Å². The van der Waals surface area contributed by atoms with Crippen molar-refractivity contribution in [2.45, 2.75) is 32.4 Å². The molecule has 0 aliphatic heterocycles. The van der Waals surface area contributed by atoms with Crippen molar-refractivity contribution in [3.63, 3.8) is 0 Å². The molecule has 1 aromatic carbocycles. The van der Waals surface area contributed by atoms with Gasteiger partial charge >= 0.3 is 0 Å². The Hall–Kier alpha value is -1.39. The van der Waals surface area contributed by atoms with Crippen molar-refractivity contribution < 1.29 is 9.50 Å². The molecule has 3 nitrogen and oxygen atoms in total. The molecular formula is C14H16ClFN2O. The highest BCUT2D eigenvalue weighted by molar-refractivity contribution is 6.30. The van der Waals surface area contributed by atoms with Gasteiger partial charge in [-0.2, -0.15) is 5.10 Å². The number of hydrogen-bond donors (Lipinski definition) is 1. The Labute approximate surface area is 116 Å². The summed E-state index contributed by atoms with van der Waals surface area (Å²) in [6.45, 7) is 2.77. The Kier molecular flexibility index (Phi) is 4.56. The number of hydrogen-bond acceptors (Lipinski definition) is 2. The number of halogens is 2. The van der Waals surface area contributed by atoms with Crippen LogP contribution in [0.2, 0.25) is 5.02 Å². The van der Waals surface area contributed by atoms with Crippen LogP contribution in [0, 0.1) is 5.82 Å². The Balaban J connectivity index is 2.18. The molecular weight excluding hydrogens is 267 g/mol. The number of aliphatic hydroxyl groups is 1. The van der Waals surface area contributed by atoms with Gasteiger partial charge in [-0.1, -0.05) is 18.5 Å². The predicted octanol–water partition coefficient (Wildman–Crippen LogP) is 3.36. The second-order valence-electron chi connectivity index (χ2n) is 4.43. The van der Waals surface area contributed by atoms with Gasteiger partial charge in [0.05, 0.1) is 11.8 Å². The summed E-state index contributed by atoms with van der Waals surface area (Å²) in [6, 6.07) is 6.10. The van der Waals surface area contributed by atoms with Gasteiger partial charge in [-0.25, -0.2) is 4.39 Å². The number of benzene rings is 1. The van der Waals surface area contributed by atoms with Gasteiger partial charge in [0.15, 0.2) is 0 Å². The van der Waals surface area contributed by atoms with Crippen LogP contribution in [0.5, 0.6) is 0 Å². The van der Waals surface area contributed by atoms with E-state index < -0.39 is 6.10 Å². The first-order valence-corrected chi connectivity index (χ1v) is 6.63. The molecule has 2 aromatic rings. The molecule has 0 bridgehead atoms. The van der Waals surface area contributed by atoms with E-state index in [0.29, 0.717) is 16.3 Å². The normalized spacial score (nSPS) is 12.6. The number of aliphatic hydroxyl groups excluding tert-OH is 1. The second kappa shape index (κ2) is 6.17. The van der Waals surface area contributed by atoms with Crippen molar-refractivity contribution in [3.05, 3.63) is 52.6 Å². The Bertz CT molecular complexity index is 556. The molecule has 0 saturated carbocycles. The third kappa shape index (κ3) is 3.33. The summed E-state index contributed by atoms with van der Waals surface area (Å²) in [6.07, 6.45) is 1.96. The Morgan fingerprint density at radius 1 is 1.42 bits per heavy atom. The van der Waals surface area contributed by atoms with Gasteiger partial charge in [0.2, 0.25) is 0 Å². The molecule has 1 atom stereocenters. The Morgan fingerprint density at radius 3 is 2.95 bits per heavy atom. The Morgan fingerprint density at radius 2 is 2.21 bits per heavy atom. The fourth-order valence-electron chi connectivity index (χ4n) is 2.04. The maximum atomic E-state index is 13.6. The summed E-state index contributed by atoms with van der Waals surface area (Å²) < 4.78 is 15.4. The first kappa shape index (κ1) is 14.0. The van der Waals surface area contributed by atoms with E-state index in [9.17, 15) is 9.50 Å². The molecule has 2 rings (SSSR count). The highest BCUT2D eigenvalue weighted by Crippen LogP contribution is 2.22. The minimum Gasteiger partial charge on any atom is -0.386 e. The second-order valence-corrected chi connectivity index (χ2v) is 4.87.